The van der Waals surface area contributed by atoms with Crippen LogP contribution in [0.15, 0.2) is 64.7 Å². The fraction of sp³-hybridized carbons (Fsp3) is 0.105. The summed E-state index contributed by atoms with van der Waals surface area (Å²) in [7, 11) is 0. The summed E-state index contributed by atoms with van der Waals surface area (Å²) in [5.41, 5.74) is 1.52. The number of thioether (sulfide) groups is 1. The molecule has 3 rings (SSSR count). The SMILES string of the molecule is C=CCn1c(SCC(=O)Nc2ccc(Br)c(Cl)c2)nnc1-c1ccc(Cl)cc1. The van der Waals surface area contributed by atoms with Crippen LogP contribution >= 0.6 is 50.9 Å². The molecule has 0 atom stereocenters. The van der Waals surface area contributed by atoms with Crippen LogP contribution in [0, 0.1) is 0 Å². The van der Waals surface area contributed by atoms with Crippen molar-refractivity contribution in [2.45, 2.75) is 11.7 Å². The molecule has 28 heavy (non-hydrogen) atoms. The summed E-state index contributed by atoms with van der Waals surface area (Å²) in [5.74, 6) is 0.715. The molecule has 1 N–H and O–H groups in total. The first kappa shape index (κ1) is 20.9. The maximum Gasteiger partial charge on any atom is 0.234 e. The van der Waals surface area contributed by atoms with Crippen molar-refractivity contribution in [1.29, 1.82) is 0 Å². The maximum atomic E-state index is 12.3. The Hall–Kier alpha value is -1.80. The fourth-order valence-corrected chi connectivity index (χ4v) is 3.70. The van der Waals surface area contributed by atoms with E-state index in [2.05, 4.69) is 38.0 Å². The fourth-order valence-electron chi connectivity index (χ4n) is 2.40. The van der Waals surface area contributed by atoms with Gasteiger partial charge in [0.1, 0.15) is 0 Å². The normalized spacial score (nSPS) is 10.7. The van der Waals surface area contributed by atoms with Crippen molar-refractivity contribution in [1.82, 2.24) is 14.8 Å². The van der Waals surface area contributed by atoms with E-state index in [0.29, 0.717) is 33.3 Å². The Morgan fingerprint density at radius 1 is 1.21 bits per heavy atom. The minimum atomic E-state index is -0.162. The van der Waals surface area contributed by atoms with Crippen LogP contribution in [0.1, 0.15) is 0 Å². The Labute approximate surface area is 185 Å². The van der Waals surface area contributed by atoms with E-state index in [9.17, 15) is 4.79 Å². The van der Waals surface area contributed by atoms with Gasteiger partial charge in [-0.05, 0) is 58.4 Å². The van der Waals surface area contributed by atoms with Gasteiger partial charge in [-0.15, -0.1) is 16.8 Å². The van der Waals surface area contributed by atoms with Crippen molar-refractivity contribution in [3.05, 3.63) is 69.6 Å². The van der Waals surface area contributed by atoms with Gasteiger partial charge in [0, 0.05) is 27.3 Å². The van der Waals surface area contributed by atoms with E-state index in [-0.39, 0.29) is 11.7 Å². The Morgan fingerprint density at radius 2 is 1.96 bits per heavy atom. The van der Waals surface area contributed by atoms with Crippen molar-refractivity contribution in [3.63, 3.8) is 0 Å². The number of rotatable bonds is 7. The molecule has 0 saturated carbocycles. The van der Waals surface area contributed by atoms with Crippen LogP contribution in [0.5, 0.6) is 0 Å². The summed E-state index contributed by atoms with van der Waals surface area (Å²) in [6.45, 7) is 4.31. The first-order valence-corrected chi connectivity index (χ1v) is 10.7. The number of amides is 1. The highest BCUT2D eigenvalue weighted by Crippen LogP contribution is 2.27. The second-order valence-electron chi connectivity index (χ2n) is 5.68. The lowest BCUT2D eigenvalue weighted by Crippen LogP contribution is -2.14. The number of carbonyl (C=O) groups excluding carboxylic acids is 1. The van der Waals surface area contributed by atoms with E-state index in [1.165, 1.54) is 11.8 Å². The molecule has 1 heterocycles. The summed E-state index contributed by atoms with van der Waals surface area (Å²) in [6, 6.07) is 12.6. The standard InChI is InChI=1S/C19H15BrCl2N4OS/c1-2-9-26-18(12-3-5-13(21)6-4-12)24-25-19(26)28-11-17(27)23-14-7-8-15(20)16(22)10-14/h2-8,10H,1,9,11H2,(H,23,27). The minimum absolute atomic E-state index is 0.162. The van der Waals surface area contributed by atoms with Gasteiger partial charge in [0.05, 0.1) is 10.8 Å². The second-order valence-corrected chi connectivity index (χ2v) is 8.32. The molecule has 0 aliphatic heterocycles. The Bertz CT molecular complexity index is 1010. The zero-order valence-electron chi connectivity index (χ0n) is 14.5. The summed E-state index contributed by atoms with van der Waals surface area (Å²) in [4.78, 5) is 12.3. The van der Waals surface area contributed by atoms with Gasteiger partial charge in [0.2, 0.25) is 5.91 Å². The van der Waals surface area contributed by atoms with E-state index in [1.54, 1.807) is 36.4 Å². The molecular formula is C19H15BrCl2N4OS. The number of halogens is 3. The van der Waals surface area contributed by atoms with Gasteiger partial charge >= 0.3 is 0 Å². The summed E-state index contributed by atoms with van der Waals surface area (Å²) in [6.07, 6.45) is 1.76. The molecular weight excluding hydrogens is 483 g/mol. The Balaban J connectivity index is 1.71. The van der Waals surface area contributed by atoms with Crippen molar-refractivity contribution in [2.75, 3.05) is 11.1 Å². The number of aromatic nitrogens is 3. The van der Waals surface area contributed by atoms with E-state index in [4.69, 9.17) is 23.2 Å². The molecule has 0 bridgehead atoms. The molecule has 0 aliphatic rings. The van der Waals surface area contributed by atoms with Crippen molar-refractivity contribution in [2.24, 2.45) is 0 Å². The average molecular weight is 498 g/mol. The molecule has 0 fully saturated rings. The lowest BCUT2D eigenvalue weighted by Gasteiger charge is -2.09. The molecule has 0 spiro atoms. The number of nitrogens with zero attached hydrogens (tertiary/aromatic N) is 3. The average Bonchev–Trinajstić information content (AvgIpc) is 3.07. The largest absolute Gasteiger partial charge is 0.325 e. The minimum Gasteiger partial charge on any atom is -0.325 e. The highest BCUT2D eigenvalue weighted by Gasteiger charge is 2.15. The number of hydrogen-bond acceptors (Lipinski definition) is 4. The van der Waals surface area contributed by atoms with E-state index >= 15 is 0 Å². The Kier molecular flexibility index (Phi) is 7.18. The number of anilines is 1. The second kappa shape index (κ2) is 9.60. The van der Waals surface area contributed by atoms with E-state index < -0.39 is 0 Å². The number of nitrogens with one attached hydrogen (secondary N) is 1. The molecule has 2 aromatic carbocycles. The molecule has 0 unspecified atom stereocenters. The van der Waals surface area contributed by atoms with Crippen LogP contribution in [-0.2, 0) is 11.3 Å². The van der Waals surface area contributed by atoms with Gasteiger partial charge in [-0.2, -0.15) is 0 Å². The van der Waals surface area contributed by atoms with Crippen LogP contribution in [-0.4, -0.2) is 26.4 Å². The van der Waals surface area contributed by atoms with Crippen LogP contribution in [0.3, 0.4) is 0 Å². The molecule has 1 aromatic heterocycles. The lowest BCUT2D eigenvalue weighted by molar-refractivity contribution is -0.113. The van der Waals surface area contributed by atoms with Crippen molar-refractivity contribution >= 4 is 62.5 Å². The van der Waals surface area contributed by atoms with Crippen LogP contribution < -0.4 is 5.32 Å². The zero-order chi connectivity index (χ0) is 20.1. The molecule has 3 aromatic rings. The molecule has 0 aliphatic carbocycles. The molecule has 9 heteroatoms. The molecule has 0 radical (unpaired) electrons. The van der Waals surface area contributed by atoms with Crippen molar-refractivity contribution in [3.8, 4) is 11.4 Å². The van der Waals surface area contributed by atoms with Crippen LogP contribution in [0.2, 0.25) is 10.0 Å². The van der Waals surface area contributed by atoms with Gasteiger partial charge in [-0.3, -0.25) is 9.36 Å². The third kappa shape index (κ3) is 5.17. The first-order valence-electron chi connectivity index (χ1n) is 8.15. The van der Waals surface area contributed by atoms with E-state index in [1.807, 2.05) is 16.7 Å². The first-order chi connectivity index (χ1) is 13.5. The molecule has 5 nitrogen and oxygen atoms in total. The quantitative estimate of drug-likeness (QED) is 0.324. The van der Waals surface area contributed by atoms with E-state index in [0.717, 1.165) is 10.0 Å². The van der Waals surface area contributed by atoms with Gasteiger partial charge < -0.3 is 5.32 Å². The van der Waals surface area contributed by atoms with Gasteiger partial charge in [-0.1, -0.05) is 41.0 Å². The molecule has 1 amide bonds. The number of allylic oxidation sites excluding steroid dienone is 1. The predicted octanol–water partition coefficient (Wildman–Crippen LogP) is 5.93. The molecule has 144 valence electrons. The van der Waals surface area contributed by atoms with Gasteiger partial charge in [-0.25, -0.2) is 0 Å². The maximum absolute atomic E-state index is 12.3. The summed E-state index contributed by atoms with van der Waals surface area (Å²) >= 11 is 16.6. The predicted molar refractivity (Wildman–Crippen MR) is 119 cm³/mol. The van der Waals surface area contributed by atoms with Gasteiger partial charge in [0.15, 0.2) is 11.0 Å². The molecule has 0 saturated heterocycles. The topological polar surface area (TPSA) is 59.8 Å². The summed E-state index contributed by atoms with van der Waals surface area (Å²) in [5, 5.41) is 13.1. The zero-order valence-corrected chi connectivity index (χ0v) is 18.4. The third-order valence-electron chi connectivity index (χ3n) is 3.67. The highest BCUT2D eigenvalue weighted by atomic mass is 79.9. The van der Waals surface area contributed by atoms with Crippen LogP contribution in [0.4, 0.5) is 5.69 Å². The number of benzene rings is 2. The smallest absolute Gasteiger partial charge is 0.234 e. The van der Waals surface area contributed by atoms with Gasteiger partial charge in [0.25, 0.3) is 0 Å². The monoisotopic (exact) mass is 496 g/mol. The number of carbonyl (C=O) groups is 1. The Morgan fingerprint density at radius 3 is 2.64 bits per heavy atom. The summed E-state index contributed by atoms with van der Waals surface area (Å²) < 4.78 is 2.68. The lowest BCUT2D eigenvalue weighted by atomic mass is 10.2. The number of hydrogen-bond donors (Lipinski definition) is 1. The highest BCUT2D eigenvalue weighted by molar-refractivity contribution is 9.10. The van der Waals surface area contributed by atoms with Crippen molar-refractivity contribution < 1.29 is 4.79 Å². The van der Waals surface area contributed by atoms with Crippen LogP contribution in [0.25, 0.3) is 11.4 Å². The third-order valence-corrected chi connectivity index (χ3v) is 6.12.